The summed E-state index contributed by atoms with van der Waals surface area (Å²) in [5, 5.41) is 0. The summed E-state index contributed by atoms with van der Waals surface area (Å²) in [7, 11) is 0. The van der Waals surface area contributed by atoms with Gasteiger partial charge in [0.15, 0.2) is 0 Å². The van der Waals surface area contributed by atoms with Crippen LogP contribution in [0.25, 0.3) is 0 Å². The number of rotatable bonds is 7. The maximum Gasteiger partial charge on any atom is 0.309 e. The fourth-order valence-corrected chi connectivity index (χ4v) is 6.90. The Morgan fingerprint density at radius 2 is 1.63 bits per heavy atom. The SMILES string of the molecule is CC=C1CC2CC(=O)OC(C=CCCCCCC(=O)N3CCCC3)C(C)C=CC(C)CC3CCCC(CC(C1)O2)O3. The highest BCUT2D eigenvalue weighted by Gasteiger charge is 2.32. The summed E-state index contributed by atoms with van der Waals surface area (Å²) in [6.07, 6.45) is 25.4. The summed E-state index contributed by atoms with van der Waals surface area (Å²) < 4.78 is 19.1. The third-order valence-electron chi connectivity index (χ3n) is 9.34. The van der Waals surface area contributed by atoms with Crippen molar-refractivity contribution >= 4 is 11.9 Å². The second kappa shape index (κ2) is 16.6. The summed E-state index contributed by atoms with van der Waals surface area (Å²) >= 11 is 0. The molecule has 6 nitrogen and oxygen atoms in total. The van der Waals surface area contributed by atoms with Gasteiger partial charge < -0.3 is 19.1 Å². The van der Waals surface area contributed by atoms with E-state index in [1.807, 2.05) is 4.90 Å². The topological polar surface area (TPSA) is 65.1 Å². The predicted octanol–water partition coefficient (Wildman–Crippen LogP) is 7.47. The molecule has 0 spiro atoms. The second-order valence-corrected chi connectivity index (χ2v) is 13.0. The maximum absolute atomic E-state index is 13.2. The third-order valence-corrected chi connectivity index (χ3v) is 9.34. The molecule has 0 saturated carbocycles. The average Bonchev–Trinajstić information content (AvgIpc) is 3.49. The van der Waals surface area contributed by atoms with Crippen LogP contribution in [0.15, 0.2) is 36.0 Å². The molecule has 7 unspecified atom stereocenters. The van der Waals surface area contributed by atoms with E-state index in [4.69, 9.17) is 14.2 Å². The summed E-state index contributed by atoms with van der Waals surface area (Å²) in [6, 6.07) is 0. The number of amides is 1. The van der Waals surface area contributed by atoms with Crippen molar-refractivity contribution in [1.82, 2.24) is 4.90 Å². The molecule has 4 rings (SSSR count). The van der Waals surface area contributed by atoms with Crippen LogP contribution in [-0.4, -0.2) is 60.4 Å². The third kappa shape index (κ3) is 10.7. The number of carbonyl (C=O) groups excluding carboxylic acids is 2. The standard InChI is InChI=1S/C35H55NO5/c1-4-28-22-31-24-30-14-12-13-29(39-30)21-26(2)17-18-27(3)33(41-35(38)25-32(23-28)40-31)15-8-6-5-7-9-16-34(37)36-19-10-11-20-36/h4,8,15,17-18,26-27,29-33H,5-7,9-14,16,19-25H2,1-3H3. The summed E-state index contributed by atoms with van der Waals surface area (Å²) in [5.41, 5.74) is 1.37. The number of likely N-dealkylation sites (tertiary alicyclic amines) is 1. The van der Waals surface area contributed by atoms with Crippen LogP contribution in [0.2, 0.25) is 0 Å². The quantitative estimate of drug-likeness (QED) is 0.181. The van der Waals surface area contributed by atoms with E-state index < -0.39 is 0 Å². The van der Waals surface area contributed by atoms with Gasteiger partial charge in [-0.05, 0) is 89.5 Å². The number of hydrogen-bond acceptors (Lipinski definition) is 5. The molecule has 4 heterocycles. The van der Waals surface area contributed by atoms with Gasteiger partial charge in [0.2, 0.25) is 5.91 Å². The highest BCUT2D eigenvalue weighted by Crippen LogP contribution is 2.33. The minimum atomic E-state index is -0.300. The Hall–Kier alpha value is -1.92. The van der Waals surface area contributed by atoms with Crippen LogP contribution in [0.5, 0.6) is 0 Å². The highest BCUT2D eigenvalue weighted by molar-refractivity contribution is 5.76. The molecule has 4 aliphatic rings. The second-order valence-electron chi connectivity index (χ2n) is 13.0. The van der Waals surface area contributed by atoms with E-state index in [0.717, 1.165) is 90.1 Å². The summed E-state index contributed by atoms with van der Waals surface area (Å²) in [5.74, 6) is 0.614. The smallest absolute Gasteiger partial charge is 0.309 e. The van der Waals surface area contributed by atoms with Crippen molar-refractivity contribution in [2.24, 2.45) is 11.8 Å². The lowest BCUT2D eigenvalue weighted by Crippen LogP contribution is -2.37. The van der Waals surface area contributed by atoms with E-state index >= 15 is 0 Å². The highest BCUT2D eigenvalue weighted by atomic mass is 16.5. The van der Waals surface area contributed by atoms with E-state index in [9.17, 15) is 9.59 Å². The maximum atomic E-state index is 13.2. The van der Waals surface area contributed by atoms with Crippen molar-refractivity contribution in [3.05, 3.63) is 36.0 Å². The molecule has 7 atom stereocenters. The summed E-state index contributed by atoms with van der Waals surface area (Å²) in [4.78, 5) is 27.4. The number of fused-ring (bicyclic) bond motifs is 4. The van der Waals surface area contributed by atoms with Crippen molar-refractivity contribution in [1.29, 1.82) is 0 Å². The molecule has 0 aromatic heterocycles. The number of cyclic esters (lactones) is 1. The van der Waals surface area contributed by atoms with Gasteiger partial charge in [0.1, 0.15) is 6.10 Å². The number of hydrogen-bond donors (Lipinski definition) is 0. The first-order valence-electron chi connectivity index (χ1n) is 16.7. The normalized spacial score (nSPS) is 34.7. The zero-order valence-corrected chi connectivity index (χ0v) is 25.9. The van der Waals surface area contributed by atoms with Crippen LogP contribution in [0.3, 0.4) is 0 Å². The van der Waals surface area contributed by atoms with E-state index in [-0.39, 0.29) is 42.7 Å². The van der Waals surface area contributed by atoms with Crippen molar-refractivity contribution in [3.8, 4) is 0 Å². The molecule has 41 heavy (non-hydrogen) atoms. The van der Waals surface area contributed by atoms with Gasteiger partial charge in [-0.15, -0.1) is 0 Å². The number of ether oxygens (including phenoxy) is 3. The van der Waals surface area contributed by atoms with Crippen molar-refractivity contribution in [3.63, 3.8) is 0 Å². The van der Waals surface area contributed by atoms with E-state index in [1.165, 1.54) is 12.0 Å². The number of unbranched alkanes of at least 4 members (excludes halogenated alkanes) is 3. The molecule has 230 valence electrons. The van der Waals surface area contributed by atoms with Crippen molar-refractivity contribution < 1.29 is 23.8 Å². The molecule has 0 aliphatic carbocycles. The van der Waals surface area contributed by atoms with Crippen LogP contribution in [0.1, 0.15) is 117 Å². The molecular formula is C35H55NO5. The molecule has 3 fully saturated rings. The van der Waals surface area contributed by atoms with Crippen molar-refractivity contribution in [2.75, 3.05) is 13.1 Å². The molecule has 1 amide bonds. The van der Waals surface area contributed by atoms with Crippen LogP contribution < -0.4 is 0 Å². The summed E-state index contributed by atoms with van der Waals surface area (Å²) in [6.45, 7) is 8.36. The molecule has 0 aromatic carbocycles. The van der Waals surface area contributed by atoms with Crippen LogP contribution in [-0.2, 0) is 23.8 Å². The van der Waals surface area contributed by atoms with Gasteiger partial charge in [0.25, 0.3) is 0 Å². The number of carbonyl (C=O) groups is 2. The minimum absolute atomic E-state index is 0.0785. The molecule has 0 N–H and O–H groups in total. The van der Waals surface area contributed by atoms with Gasteiger partial charge in [-0.1, -0.05) is 50.1 Å². The molecule has 4 aliphatic heterocycles. The van der Waals surface area contributed by atoms with E-state index in [2.05, 4.69) is 51.2 Å². The molecule has 4 bridgehead atoms. The fourth-order valence-electron chi connectivity index (χ4n) is 6.90. The van der Waals surface area contributed by atoms with Crippen molar-refractivity contribution in [2.45, 2.75) is 148 Å². The lowest BCUT2D eigenvalue weighted by atomic mass is 9.90. The van der Waals surface area contributed by atoms with E-state index in [1.54, 1.807) is 0 Å². The molecule has 0 radical (unpaired) electrons. The van der Waals surface area contributed by atoms with Crippen LogP contribution in [0.4, 0.5) is 0 Å². The monoisotopic (exact) mass is 569 g/mol. The predicted molar refractivity (Wildman–Crippen MR) is 163 cm³/mol. The fraction of sp³-hybridized carbons (Fsp3) is 0.771. The lowest BCUT2D eigenvalue weighted by molar-refractivity contribution is -0.154. The molecule has 3 saturated heterocycles. The van der Waals surface area contributed by atoms with Gasteiger partial charge in [0, 0.05) is 31.8 Å². The van der Waals surface area contributed by atoms with Gasteiger partial charge >= 0.3 is 5.97 Å². The first-order chi connectivity index (χ1) is 19.9. The zero-order valence-electron chi connectivity index (χ0n) is 25.9. The Morgan fingerprint density at radius 3 is 2.41 bits per heavy atom. The zero-order chi connectivity index (χ0) is 29.0. The Labute approximate surface area is 248 Å². The Kier molecular flexibility index (Phi) is 13.0. The average molecular weight is 570 g/mol. The molecule has 6 heteroatoms. The van der Waals surface area contributed by atoms with Gasteiger partial charge in [-0.25, -0.2) is 0 Å². The number of nitrogens with zero attached hydrogens (tertiary/aromatic N) is 1. The minimum Gasteiger partial charge on any atom is -0.457 e. The largest absolute Gasteiger partial charge is 0.457 e. The number of esters is 1. The first-order valence-corrected chi connectivity index (χ1v) is 16.7. The lowest BCUT2D eigenvalue weighted by Gasteiger charge is -2.37. The van der Waals surface area contributed by atoms with Crippen LogP contribution in [0, 0.1) is 11.8 Å². The Balaban J connectivity index is 1.34. The van der Waals surface area contributed by atoms with Gasteiger partial charge in [-0.2, -0.15) is 0 Å². The van der Waals surface area contributed by atoms with E-state index in [0.29, 0.717) is 24.3 Å². The number of allylic oxidation sites excluding steroid dienone is 3. The molecular weight excluding hydrogens is 514 g/mol. The Bertz CT molecular complexity index is 920. The molecule has 0 aromatic rings. The Morgan fingerprint density at radius 1 is 0.902 bits per heavy atom. The first kappa shape index (κ1) is 32.0. The van der Waals surface area contributed by atoms with Gasteiger partial charge in [0.05, 0.1) is 30.8 Å². The van der Waals surface area contributed by atoms with Gasteiger partial charge in [-0.3, -0.25) is 9.59 Å². The van der Waals surface area contributed by atoms with Crippen LogP contribution >= 0.6 is 0 Å².